The molecule has 0 aliphatic rings. The van der Waals surface area contributed by atoms with Gasteiger partial charge < -0.3 is 23.6 Å². The van der Waals surface area contributed by atoms with Crippen molar-refractivity contribution in [2.75, 3.05) is 7.11 Å². The van der Waals surface area contributed by atoms with Gasteiger partial charge in [-0.15, -0.1) is 0 Å². The summed E-state index contributed by atoms with van der Waals surface area (Å²) in [7, 11) is 1.58. The molecule has 4 aromatic rings. The van der Waals surface area contributed by atoms with E-state index in [0.29, 0.717) is 34.2 Å². The molecule has 2 aromatic carbocycles. The lowest BCUT2D eigenvalue weighted by atomic mass is 10.2. The average molecular weight is 416 g/mol. The van der Waals surface area contributed by atoms with E-state index >= 15 is 0 Å². The van der Waals surface area contributed by atoms with Gasteiger partial charge in [0.2, 0.25) is 0 Å². The Morgan fingerprint density at radius 1 is 1.10 bits per heavy atom. The lowest BCUT2D eigenvalue weighted by Crippen LogP contribution is -2.25. The Kier molecular flexibility index (Phi) is 5.63. The van der Waals surface area contributed by atoms with E-state index in [0.717, 1.165) is 5.39 Å². The Morgan fingerprint density at radius 3 is 2.71 bits per heavy atom. The molecular formula is C24H20N2O5. The smallest absolute Gasteiger partial charge is 0.287 e. The third kappa shape index (κ3) is 4.23. The molecule has 0 spiro atoms. The number of carbonyl (C=O) groups is 1. The number of nitriles is 1. The SMILES string of the molecule is COc1cccc2cc(C(C)NC(=O)c3ccc(COc4ccccc4C#N)o3)oc12. The highest BCUT2D eigenvalue weighted by Crippen LogP contribution is 2.31. The number of amides is 1. The number of rotatable bonds is 7. The van der Waals surface area contributed by atoms with E-state index in [-0.39, 0.29) is 24.3 Å². The molecule has 2 heterocycles. The van der Waals surface area contributed by atoms with Gasteiger partial charge in [0, 0.05) is 5.39 Å². The fourth-order valence-electron chi connectivity index (χ4n) is 3.18. The molecule has 0 saturated carbocycles. The molecule has 1 amide bonds. The minimum Gasteiger partial charge on any atom is -0.493 e. The number of fused-ring (bicyclic) bond motifs is 1. The van der Waals surface area contributed by atoms with Crippen LogP contribution < -0.4 is 14.8 Å². The molecule has 0 bridgehead atoms. The van der Waals surface area contributed by atoms with Crippen molar-refractivity contribution in [1.29, 1.82) is 5.26 Å². The van der Waals surface area contributed by atoms with E-state index in [9.17, 15) is 4.79 Å². The van der Waals surface area contributed by atoms with Crippen molar-refractivity contribution in [2.45, 2.75) is 19.6 Å². The van der Waals surface area contributed by atoms with Gasteiger partial charge >= 0.3 is 0 Å². The molecule has 0 fully saturated rings. The van der Waals surface area contributed by atoms with Crippen molar-refractivity contribution in [2.24, 2.45) is 0 Å². The second kappa shape index (κ2) is 8.67. The minimum atomic E-state index is -0.378. The lowest BCUT2D eigenvalue weighted by Gasteiger charge is -2.10. The van der Waals surface area contributed by atoms with Gasteiger partial charge in [0.05, 0.1) is 18.7 Å². The first kappa shape index (κ1) is 20.1. The number of benzene rings is 2. The first-order valence-corrected chi connectivity index (χ1v) is 9.67. The number of nitrogens with zero attached hydrogens (tertiary/aromatic N) is 1. The normalized spacial score (nSPS) is 11.6. The van der Waals surface area contributed by atoms with Crippen molar-refractivity contribution in [1.82, 2.24) is 5.32 Å². The standard InChI is InChI=1S/C24H20N2O5/c1-15(22-12-16-7-5-9-20(28-2)23(16)31-22)26-24(27)21-11-10-18(30-21)14-29-19-8-4-3-6-17(19)13-25/h3-12,15H,14H2,1-2H3,(H,26,27). The van der Waals surface area contributed by atoms with Crippen LogP contribution in [0.25, 0.3) is 11.0 Å². The van der Waals surface area contributed by atoms with E-state index < -0.39 is 0 Å². The van der Waals surface area contributed by atoms with Crippen LogP contribution in [-0.4, -0.2) is 13.0 Å². The first-order valence-electron chi connectivity index (χ1n) is 9.67. The maximum absolute atomic E-state index is 12.6. The summed E-state index contributed by atoms with van der Waals surface area (Å²) in [5.74, 6) is 1.96. The molecule has 0 aliphatic heterocycles. The van der Waals surface area contributed by atoms with Crippen molar-refractivity contribution >= 4 is 16.9 Å². The van der Waals surface area contributed by atoms with Crippen LogP contribution in [0.4, 0.5) is 0 Å². The molecule has 156 valence electrons. The first-order chi connectivity index (χ1) is 15.1. The van der Waals surface area contributed by atoms with Crippen molar-refractivity contribution < 1.29 is 23.1 Å². The monoisotopic (exact) mass is 416 g/mol. The van der Waals surface area contributed by atoms with E-state index in [1.165, 1.54) is 0 Å². The van der Waals surface area contributed by atoms with Crippen LogP contribution in [0.5, 0.6) is 11.5 Å². The Labute approximate surface area is 178 Å². The summed E-state index contributed by atoms with van der Waals surface area (Å²) >= 11 is 0. The zero-order valence-corrected chi connectivity index (χ0v) is 17.0. The number of para-hydroxylation sites is 2. The van der Waals surface area contributed by atoms with Gasteiger partial charge in [0.1, 0.15) is 29.9 Å². The Bertz CT molecular complexity index is 1260. The number of furan rings is 2. The molecule has 0 aliphatic carbocycles. The maximum atomic E-state index is 12.6. The van der Waals surface area contributed by atoms with Crippen LogP contribution >= 0.6 is 0 Å². The van der Waals surface area contributed by atoms with Crippen LogP contribution in [0.15, 0.2) is 69.5 Å². The second-order valence-corrected chi connectivity index (χ2v) is 6.89. The predicted molar refractivity (Wildman–Crippen MR) is 113 cm³/mol. The highest BCUT2D eigenvalue weighted by molar-refractivity contribution is 5.92. The van der Waals surface area contributed by atoms with Crippen LogP contribution in [-0.2, 0) is 6.61 Å². The summed E-state index contributed by atoms with van der Waals surface area (Å²) in [6.45, 7) is 1.93. The number of carbonyl (C=O) groups excluding carboxylic acids is 1. The zero-order valence-electron chi connectivity index (χ0n) is 17.0. The summed E-state index contributed by atoms with van der Waals surface area (Å²) in [5.41, 5.74) is 1.07. The van der Waals surface area contributed by atoms with Crippen molar-refractivity contribution in [3.8, 4) is 17.6 Å². The molecule has 7 heteroatoms. The van der Waals surface area contributed by atoms with E-state index in [1.54, 1.807) is 43.5 Å². The molecule has 0 radical (unpaired) electrons. The minimum absolute atomic E-state index is 0.102. The van der Waals surface area contributed by atoms with Gasteiger partial charge in [-0.25, -0.2) is 0 Å². The maximum Gasteiger partial charge on any atom is 0.287 e. The van der Waals surface area contributed by atoms with Crippen LogP contribution in [0.3, 0.4) is 0 Å². The molecule has 4 rings (SSSR count). The van der Waals surface area contributed by atoms with Gasteiger partial charge in [0.15, 0.2) is 17.1 Å². The van der Waals surface area contributed by atoms with E-state index in [1.807, 2.05) is 31.2 Å². The van der Waals surface area contributed by atoms with Gasteiger partial charge in [-0.1, -0.05) is 24.3 Å². The Hall–Kier alpha value is -4.18. The lowest BCUT2D eigenvalue weighted by molar-refractivity contribution is 0.0903. The summed E-state index contributed by atoms with van der Waals surface area (Å²) in [6.07, 6.45) is 0. The third-order valence-corrected chi connectivity index (χ3v) is 4.78. The topological polar surface area (TPSA) is 97.6 Å². The average Bonchev–Trinajstić information content (AvgIpc) is 3.45. The summed E-state index contributed by atoms with van der Waals surface area (Å²) in [5, 5.41) is 12.9. The molecule has 7 nitrogen and oxygen atoms in total. The predicted octanol–water partition coefficient (Wildman–Crippen LogP) is 4.98. The highest BCUT2D eigenvalue weighted by atomic mass is 16.5. The van der Waals surface area contributed by atoms with Gasteiger partial charge in [-0.2, -0.15) is 5.26 Å². The largest absolute Gasteiger partial charge is 0.493 e. The quantitative estimate of drug-likeness (QED) is 0.456. The molecule has 1 N–H and O–H groups in total. The number of hydrogen-bond acceptors (Lipinski definition) is 6. The van der Waals surface area contributed by atoms with Crippen molar-refractivity contribution in [3.05, 3.63) is 83.5 Å². The van der Waals surface area contributed by atoms with Gasteiger partial charge in [-0.3, -0.25) is 4.79 Å². The van der Waals surface area contributed by atoms with Gasteiger partial charge in [-0.05, 0) is 43.3 Å². The second-order valence-electron chi connectivity index (χ2n) is 6.89. The molecule has 1 atom stereocenters. The Morgan fingerprint density at radius 2 is 1.90 bits per heavy atom. The number of methoxy groups -OCH3 is 1. The number of hydrogen-bond donors (Lipinski definition) is 1. The summed E-state index contributed by atoms with van der Waals surface area (Å²) in [6, 6.07) is 19.4. The van der Waals surface area contributed by atoms with Crippen LogP contribution in [0, 0.1) is 11.3 Å². The van der Waals surface area contributed by atoms with Gasteiger partial charge in [0.25, 0.3) is 5.91 Å². The zero-order chi connectivity index (χ0) is 21.8. The van der Waals surface area contributed by atoms with E-state index in [4.69, 9.17) is 23.6 Å². The summed E-state index contributed by atoms with van der Waals surface area (Å²) in [4.78, 5) is 12.6. The molecule has 31 heavy (non-hydrogen) atoms. The van der Waals surface area contributed by atoms with Crippen molar-refractivity contribution in [3.63, 3.8) is 0 Å². The van der Waals surface area contributed by atoms with Crippen LogP contribution in [0.1, 0.15) is 40.6 Å². The fourth-order valence-corrected chi connectivity index (χ4v) is 3.18. The molecule has 1 unspecified atom stereocenters. The number of nitrogens with one attached hydrogen (secondary N) is 1. The summed E-state index contributed by atoms with van der Waals surface area (Å²) < 4.78 is 22.4. The van der Waals surface area contributed by atoms with Crippen LogP contribution in [0.2, 0.25) is 0 Å². The third-order valence-electron chi connectivity index (χ3n) is 4.78. The van der Waals surface area contributed by atoms with E-state index in [2.05, 4.69) is 11.4 Å². The highest BCUT2D eigenvalue weighted by Gasteiger charge is 2.19. The Balaban J connectivity index is 1.41. The molecular weight excluding hydrogens is 396 g/mol. The molecule has 0 saturated heterocycles. The number of ether oxygens (including phenoxy) is 2. The fraction of sp³-hybridized carbons (Fsp3) is 0.167. The molecule has 2 aromatic heterocycles.